The Hall–Kier alpha value is -2.34. The molecule has 1 fully saturated rings. The zero-order chi connectivity index (χ0) is 16.7. The van der Waals surface area contributed by atoms with Gasteiger partial charge in [-0.2, -0.15) is 0 Å². The number of ether oxygens (including phenoxy) is 1. The minimum Gasteiger partial charge on any atom is -0.497 e. The van der Waals surface area contributed by atoms with Gasteiger partial charge in [0.05, 0.1) is 19.0 Å². The van der Waals surface area contributed by atoms with Crippen LogP contribution in [0.15, 0.2) is 29.3 Å². The zero-order valence-corrected chi connectivity index (χ0v) is 14.2. The molecule has 3 heterocycles. The maximum Gasteiger partial charge on any atom is 0.277 e. The fourth-order valence-electron chi connectivity index (χ4n) is 3.64. The summed E-state index contributed by atoms with van der Waals surface area (Å²) in [5, 5.41) is 0.954. The van der Waals surface area contributed by atoms with Crippen LogP contribution in [-0.2, 0) is 13.6 Å². The molecule has 1 aliphatic rings. The van der Waals surface area contributed by atoms with Gasteiger partial charge in [-0.1, -0.05) is 0 Å². The summed E-state index contributed by atoms with van der Waals surface area (Å²) in [7, 11) is 3.57. The molecule has 6 nitrogen and oxygen atoms in total. The van der Waals surface area contributed by atoms with E-state index in [0.717, 1.165) is 41.8 Å². The van der Waals surface area contributed by atoms with E-state index in [4.69, 9.17) is 4.74 Å². The third kappa shape index (κ3) is 2.38. The highest BCUT2D eigenvalue weighted by atomic mass is 16.5. The van der Waals surface area contributed by atoms with Gasteiger partial charge in [-0.15, -0.1) is 0 Å². The SMILES string of the molecule is COc1ccc2c(c1)c1ncn(CCN3CCCC3)c(=O)c1n2C. The lowest BCUT2D eigenvalue weighted by Gasteiger charge is -2.15. The van der Waals surface area contributed by atoms with Crippen LogP contribution in [0.1, 0.15) is 12.8 Å². The van der Waals surface area contributed by atoms with Gasteiger partial charge in [-0.05, 0) is 44.1 Å². The molecule has 1 aromatic carbocycles. The average Bonchev–Trinajstić information content (AvgIpc) is 3.21. The highest BCUT2D eigenvalue weighted by Crippen LogP contribution is 2.27. The first-order valence-corrected chi connectivity index (χ1v) is 8.43. The molecule has 24 heavy (non-hydrogen) atoms. The van der Waals surface area contributed by atoms with E-state index in [-0.39, 0.29) is 5.56 Å². The molecule has 0 spiro atoms. The van der Waals surface area contributed by atoms with Crippen molar-refractivity contribution in [2.75, 3.05) is 26.7 Å². The molecule has 0 unspecified atom stereocenters. The minimum atomic E-state index is 0.0249. The largest absolute Gasteiger partial charge is 0.497 e. The van der Waals surface area contributed by atoms with Crippen molar-refractivity contribution in [3.63, 3.8) is 0 Å². The second-order valence-corrected chi connectivity index (χ2v) is 6.43. The number of benzene rings is 1. The maximum absolute atomic E-state index is 12.9. The monoisotopic (exact) mass is 326 g/mol. The molecule has 4 rings (SSSR count). The summed E-state index contributed by atoms with van der Waals surface area (Å²) in [6.07, 6.45) is 4.20. The lowest BCUT2D eigenvalue weighted by atomic mass is 10.2. The van der Waals surface area contributed by atoms with Crippen molar-refractivity contribution in [2.24, 2.45) is 7.05 Å². The molecule has 6 heteroatoms. The number of rotatable bonds is 4. The van der Waals surface area contributed by atoms with E-state index >= 15 is 0 Å². The number of nitrogens with zero attached hydrogens (tertiary/aromatic N) is 4. The molecule has 0 amide bonds. The van der Waals surface area contributed by atoms with Crippen LogP contribution < -0.4 is 10.3 Å². The maximum atomic E-state index is 12.9. The van der Waals surface area contributed by atoms with Crippen LogP contribution in [0.4, 0.5) is 0 Å². The van der Waals surface area contributed by atoms with Gasteiger partial charge in [0.15, 0.2) is 0 Å². The van der Waals surface area contributed by atoms with Gasteiger partial charge >= 0.3 is 0 Å². The first-order valence-electron chi connectivity index (χ1n) is 8.43. The topological polar surface area (TPSA) is 52.3 Å². The predicted molar refractivity (Wildman–Crippen MR) is 94.7 cm³/mol. The molecule has 0 atom stereocenters. The van der Waals surface area contributed by atoms with E-state index in [1.165, 1.54) is 12.8 Å². The van der Waals surface area contributed by atoms with Crippen LogP contribution in [0, 0.1) is 0 Å². The molecule has 2 aromatic heterocycles. The van der Waals surface area contributed by atoms with Crippen LogP contribution >= 0.6 is 0 Å². The third-order valence-corrected chi connectivity index (χ3v) is 5.03. The van der Waals surface area contributed by atoms with Crippen LogP contribution in [0.5, 0.6) is 5.75 Å². The third-order valence-electron chi connectivity index (χ3n) is 5.03. The molecular weight excluding hydrogens is 304 g/mol. The summed E-state index contributed by atoms with van der Waals surface area (Å²) in [6.45, 7) is 3.87. The molecule has 3 aromatic rings. The number of likely N-dealkylation sites (tertiary alicyclic amines) is 1. The van der Waals surface area contributed by atoms with E-state index in [9.17, 15) is 4.79 Å². The first kappa shape index (κ1) is 15.2. The molecule has 0 saturated carbocycles. The Bertz CT molecular complexity index is 951. The van der Waals surface area contributed by atoms with Crippen molar-refractivity contribution in [3.05, 3.63) is 34.9 Å². The van der Waals surface area contributed by atoms with Gasteiger partial charge in [0.2, 0.25) is 0 Å². The number of methoxy groups -OCH3 is 1. The van der Waals surface area contributed by atoms with Gasteiger partial charge < -0.3 is 14.2 Å². The standard InChI is InChI=1S/C18H22N4O2/c1-20-15-6-5-13(24-2)11-14(15)16-17(20)18(23)22(12-19-16)10-9-21-7-3-4-8-21/h5-6,11-12H,3-4,7-10H2,1-2H3. The highest BCUT2D eigenvalue weighted by Gasteiger charge is 2.16. The van der Waals surface area contributed by atoms with Crippen LogP contribution in [0.2, 0.25) is 0 Å². The van der Waals surface area contributed by atoms with E-state index < -0.39 is 0 Å². The fourth-order valence-corrected chi connectivity index (χ4v) is 3.64. The summed E-state index contributed by atoms with van der Waals surface area (Å²) in [5.41, 5.74) is 2.42. The van der Waals surface area contributed by atoms with Crippen LogP contribution in [0.25, 0.3) is 21.9 Å². The minimum absolute atomic E-state index is 0.0249. The van der Waals surface area contributed by atoms with Crippen molar-refractivity contribution in [1.29, 1.82) is 0 Å². The van der Waals surface area contributed by atoms with Crippen LogP contribution in [0.3, 0.4) is 0 Å². The molecule has 0 aliphatic carbocycles. The number of aromatic nitrogens is 3. The Morgan fingerprint density at radius 2 is 2.00 bits per heavy atom. The molecule has 0 N–H and O–H groups in total. The van der Waals surface area contributed by atoms with Crippen LogP contribution in [-0.4, -0.2) is 45.8 Å². The second kappa shape index (κ2) is 5.94. The Morgan fingerprint density at radius 3 is 2.75 bits per heavy atom. The second-order valence-electron chi connectivity index (χ2n) is 6.43. The van der Waals surface area contributed by atoms with Gasteiger partial charge in [-0.25, -0.2) is 4.98 Å². The van der Waals surface area contributed by atoms with Gasteiger partial charge in [0.1, 0.15) is 16.8 Å². The van der Waals surface area contributed by atoms with E-state index in [0.29, 0.717) is 12.1 Å². The molecule has 0 radical (unpaired) electrons. The normalized spacial score (nSPS) is 15.6. The van der Waals surface area contributed by atoms with Gasteiger partial charge in [0.25, 0.3) is 5.56 Å². The summed E-state index contributed by atoms with van der Waals surface area (Å²) in [6, 6.07) is 5.83. The quantitative estimate of drug-likeness (QED) is 0.736. The lowest BCUT2D eigenvalue weighted by molar-refractivity contribution is 0.320. The van der Waals surface area contributed by atoms with Gasteiger partial charge in [-0.3, -0.25) is 9.36 Å². The Morgan fingerprint density at radius 1 is 1.21 bits per heavy atom. The summed E-state index contributed by atoms with van der Waals surface area (Å²) in [4.78, 5) is 19.9. The highest BCUT2D eigenvalue weighted by molar-refractivity contribution is 6.05. The van der Waals surface area contributed by atoms with Crippen molar-refractivity contribution >= 4 is 21.9 Å². The van der Waals surface area contributed by atoms with Gasteiger partial charge in [0, 0.05) is 25.5 Å². The van der Waals surface area contributed by atoms with Crippen molar-refractivity contribution < 1.29 is 4.74 Å². The van der Waals surface area contributed by atoms with E-state index in [2.05, 4.69) is 9.88 Å². The number of hydrogen-bond acceptors (Lipinski definition) is 4. The smallest absolute Gasteiger partial charge is 0.277 e. The number of aryl methyl sites for hydroxylation is 1. The first-order chi connectivity index (χ1) is 11.7. The zero-order valence-electron chi connectivity index (χ0n) is 14.2. The molecule has 0 bridgehead atoms. The summed E-state index contributed by atoms with van der Waals surface area (Å²) < 4.78 is 8.97. The molecule has 1 aliphatic heterocycles. The Kier molecular flexibility index (Phi) is 3.76. The average molecular weight is 326 g/mol. The Balaban J connectivity index is 1.78. The summed E-state index contributed by atoms with van der Waals surface area (Å²) >= 11 is 0. The molecule has 126 valence electrons. The Labute approximate surface area is 140 Å². The van der Waals surface area contributed by atoms with Crippen molar-refractivity contribution in [3.8, 4) is 5.75 Å². The van der Waals surface area contributed by atoms with Crippen molar-refractivity contribution in [2.45, 2.75) is 19.4 Å². The van der Waals surface area contributed by atoms with E-state index in [1.54, 1.807) is 18.0 Å². The lowest BCUT2D eigenvalue weighted by Crippen LogP contribution is -2.29. The fraction of sp³-hybridized carbons (Fsp3) is 0.444. The molecular formula is C18H22N4O2. The van der Waals surface area contributed by atoms with Crippen molar-refractivity contribution in [1.82, 2.24) is 19.0 Å². The number of hydrogen-bond donors (Lipinski definition) is 0. The predicted octanol–water partition coefficient (Wildman–Crippen LogP) is 1.99. The summed E-state index contributed by atoms with van der Waals surface area (Å²) in [5.74, 6) is 0.773. The molecule has 1 saturated heterocycles. The van der Waals surface area contributed by atoms with E-state index in [1.807, 2.05) is 29.8 Å². The number of fused-ring (bicyclic) bond motifs is 3.